The molecule has 0 amide bonds. The fourth-order valence-corrected chi connectivity index (χ4v) is 3.29. The standard InChI is InChI=1S/C16H14FN5O3/c17-10-3-4-14(23)11(8-10)12-2-1-6-20(12)15-5-7-21-16(19-15)13(9-18-21)22(24)25/h3-5,7-9,12,23H,1-2,6H2. The maximum atomic E-state index is 13.6. The van der Waals surface area contributed by atoms with E-state index in [4.69, 9.17) is 0 Å². The van der Waals surface area contributed by atoms with Crippen LogP contribution >= 0.6 is 0 Å². The zero-order chi connectivity index (χ0) is 17.6. The number of fused-ring (bicyclic) bond motifs is 1. The molecule has 3 aromatic rings. The first-order chi connectivity index (χ1) is 12.0. The Labute approximate surface area is 141 Å². The molecule has 1 atom stereocenters. The molecule has 25 heavy (non-hydrogen) atoms. The minimum Gasteiger partial charge on any atom is -0.508 e. The highest BCUT2D eigenvalue weighted by Crippen LogP contribution is 2.39. The molecule has 0 spiro atoms. The van der Waals surface area contributed by atoms with Crippen LogP contribution in [0.2, 0.25) is 0 Å². The van der Waals surface area contributed by atoms with Crippen LogP contribution in [0.15, 0.2) is 36.7 Å². The van der Waals surface area contributed by atoms with Gasteiger partial charge in [0.25, 0.3) is 0 Å². The normalized spacial score (nSPS) is 17.3. The van der Waals surface area contributed by atoms with E-state index in [0.717, 1.165) is 19.0 Å². The van der Waals surface area contributed by atoms with Crippen LogP contribution in [0.4, 0.5) is 15.9 Å². The first-order valence-electron chi connectivity index (χ1n) is 7.78. The van der Waals surface area contributed by atoms with Gasteiger partial charge in [0.05, 0.1) is 11.0 Å². The largest absolute Gasteiger partial charge is 0.508 e. The monoisotopic (exact) mass is 343 g/mol. The number of nitro groups is 1. The second-order valence-electron chi connectivity index (χ2n) is 5.90. The van der Waals surface area contributed by atoms with Crippen LogP contribution in [-0.2, 0) is 0 Å². The molecule has 1 aliphatic rings. The Kier molecular flexibility index (Phi) is 3.48. The van der Waals surface area contributed by atoms with E-state index in [1.165, 1.54) is 22.7 Å². The summed E-state index contributed by atoms with van der Waals surface area (Å²) in [6.45, 7) is 0.658. The first kappa shape index (κ1) is 15.3. The Morgan fingerprint density at radius 3 is 3.00 bits per heavy atom. The van der Waals surface area contributed by atoms with Gasteiger partial charge in [-0.1, -0.05) is 0 Å². The average molecular weight is 343 g/mol. The van der Waals surface area contributed by atoms with Crippen LogP contribution in [0.5, 0.6) is 5.75 Å². The Morgan fingerprint density at radius 1 is 1.36 bits per heavy atom. The Balaban J connectivity index is 1.77. The third-order valence-electron chi connectivity index (χ3n) is 4.43. The molecule has 0 saturated carbocycles. The van der Waals surface area contributed by atoms with Crippen LogP contribution < -0.4 is 4.90 Å². The third-order valence-corrected chi connectivity index (χ3v) is 4.43. The van der Waals surface area contributed by atoms with Crippen LogP contribution in [0.25, 0.3) is 5.65 Å². The van der Waals surface area contributed by atoms with Gasteiger partial charge >= 0.3 is 5.69 Å². The number of aromatic nitrogens is 3. The van der Waals surface area contributed by atoms with Gasteiger partial charge in [-0.2, -0.15) is 5.10 Å². The highest BCUT2D eigenvalue weighted by molar-refractivity contribution is 5.61. The smallest absolute Gasteiger partial charge is 0.333 e. The lowest BCUT2D eigenvalue weighted by atomic mass is 10.0. The number of hydrogen-bond acceptors (Lipinski definition) is 6. The van der Waals surface area contributed by atoms with Gasteiger partial charge in [0, 0.05) is 18.3 Å². The summed E-state index contributed by atoms with van der Waals surface area (Å²) < 4.78 is 14.9. The number of phenolic OH excluding ortho intramolecular Hbond substituents is 1. The number of aromatic hydroxyl groups is 1. The van der Waals surface area contributed by atoms with Crippen molar-refractivity contribution in [3.05, 3.63) is 58.2 Å². The first-order valence-corrected chi connectivity index (χ1v) is 7.78. The molecule has 0 radical (unpaired) electrons. The topological polar surface area (TPSA) is 96.8 Å². The SMILES string of the molecule is O=[N+]([O-])c1cnn2ccc(N3CCCC3c3cc(F)ccc3O)nc12. The number of phenols is 1. The summed E-state index contributed by atoms with van der Waals surface area (Å²) >= 11 is 0. The van der Waals surface area contributed by atoms with E-state index in [9.17, 15) is 19.6 Å². The van der Waals surface area contributed by atoms with Crippen LogP contribution in [-0.4, -0.2) is 31.2 Å². The van der Waals surface area contributed by atoms with Gasteiger partial charge in [-0.15, -0.1) is 0 Å². The van der Waals surface area contributed by atoms with Crippen molar-refractivity contribution in [1.82, 2.24) is 14.6 Å². The number of rotatable bonds is 3. The summed E-state index contributed by atoms with van der Waals surface area (Å²) in [5.74, 6) is 0.131. The van der Waals surface area contributed by atoms with Crippen molar-refractivity contribution in [3.63, 3.8) is 0 Å². The highest BCUT2D eigenvalue weighted by atomic mass is 19.1. The average Bonchev–Trinajstić information content (AvgIpc) is 3.22. The van der Waals surface area contributed by atoms with Crippen molar-refractivity contribution in [2.24, 2.45) is 0 Å². The fraction of sp³-hybridized carbons (Fsp3) is 0.250. The van der Waals surface area contributed by atoms with Crippen LogP contribution in [0.1, 0.15) is 24.4 Å². The zero-order valence-corrected chi connectivity index (χ0v) is 13.0. The maximum Gasteiger partial charge on any atom is 0.333 e. The molecule has 1 aliphatic heterocycles. The van der Waals surface area contributed by atoms with Gasteiger partial charge in [-0.25, -0.2) is 13.9 Å². The van der Waals surface area contributed by atoms with Gasteiger partial charge in [0.2, 0.25) is 5.65 Å². The predicted octanol–water partition coefficient (Wildman–Crippen LogP) is 2.82. The molecule has 8 nitrogen and oxygen atoms in total. The minimum atomic E-state index is -0.529. The van der Waals surface area contributed by atoms with Crippen molar-refractivity contribution < 1.29 is 14.4 Å². The number of anilines is 1. The Hall–Kier alpha value is -3.23. The molecular formula is C16H14FN5O3. The fourth-order valence-electron chi connectivity index (χ4n) is 3.29. The van der Waals surface area contributed by atoms with E-state index in [1.54, 1.807) is 12.3 Å². The van der Waals surface area contributed by atoms with Gasteiger partial charge in [-0.3, -0.25) is 10.1 Å². The lowest BCUT2D eigenvalue weighted by Crippen LogP contribution is -2.24. The molecule has 1 fully saturated rings. The maximum absolute atomic E-state index is 13.6. The molecule has 1 N–H and O–H groups in total. The molecule has 128 valence electrons. The van der Waals surface area contributed by atoms with E-state index in [-0.39, 0.29) is 23.1 Å². The summed E-state index contributed by atoms with van der Waals surface area (Å²) in [7, 11) is 0. The van der Waals surface area contributed by atoms with Crippen LogP contribution in [0.3, 0.4) is 0 Å². The van der Waals surface area contributed by atoms with Crippen molar-refractivity contribution >= 4 is 17.2 Å². The molecule has 1 saturated heterocycles. The lowest BCUT2D eigenvalue weighted by Gasteiger charge is -2.26. The number of halogens is 1. The molecule has 0 bridgehead atoms. The van der Waals surface area contributed by atoms with Gasteiger partial charge in [0.1, 0.15) is 23.6 Å². The summed E-state index contributed by atoms with van der Waals surface area (Å²) in [5, 5.41) is 25.1. The van der Waals surface area contributed by atoms with Crippen molar-refractivity contribution in [2.45, 2.75) is 18.9 Å². The summed E-state index contributed by atoms with van der Waals surface area (Å²) in [5.41, 5.74) is 0.463. The van der Waals surface area contributed by atoms with E-state index in [0.29, 0.717) is 17.9 Å². The second kappa shape index (κ2) is 5.69. The van der Waals surface area contributed by atoms with Gasteiger partial charge in [0.15, 0.2) is 0 Å². The Morgan fingerprint density at radius 2 is 2.20 bits per heavy atom. The van der Waals surface area contributed by atoms with Crippen molar-refractivity contribution in [3.8, 4) is 5.75 Å². The highest BCUT2D eigenvalue weighted by Gasteiger charge is 2.30. The summed E-state index contributed by atoms with van der Waals surface area (Å²) in [6, 6.07) is 5.32. The zero-order valence-electron chi connectivity index (χ0n) is 13.0. The minimum absolute atomic E-state index is 0.0229. The lowest BCUT2D eigenvalue weighted by molar-refractivity contribution is -0.383. The molecule has 4 rings (SSSR count). The number of hydrogen-bond donors (Lipinski definition) is 1. The summed E-state index contributed by atoms with van der Waals surface area (Å²) in [4.78, 5) is 16.9. The van der Waals surface area contributed by atoms with E-state index in [1.807, 2.05) is 4.90 Å². The molecule has 3 heterocycles. The van der Waals surface area contributed by atoms with Crippen molar-refractivity contribution in [1.29, 1.82) is 0 Å². The third kappa shape index (κ3) is 2.53. The van der Waals surface area contributed by atoms with E-state index < -0.39 is 10.7 Å². The van der Waals surface area contributed by atoms with Gasteiger partial charge < -0.3 is 10.0 Å². The molecule has 1 aromatic carbocycles. The second-order valence-corrected chi connectivity index (χ2v) is 5.90. The van der Waals surface area contributed by atoms with E-state index >= 15 is 0 Å². The number of nitrogens with zero attached hydrogens (tertiary/aromatic N) is 5. The molecule has 0 aliphatic carbocycles. The molecular weight excluding hydrogens is 329 g/mol. The number of benzene rings is 1. The van der Waals surface area contributed by atoms with Crippen molar-refractivity contribution in [2.75, 3.05) is 11.4 Å². The van der Waals surface area contributed by atoms with Gasteiger partial charge in [-0.05, 0) is 37.1 Å². The molecule has 2 aromatic heterocycles. The predicted molar refractivity (Wildman–Crippen MR) is 87.0 cm³/mol. The summed E-state index contributed by atoms with van der Waals surface area (Å²) in [6.07, 6.45) is 4.33. The molecule has 9 heteroatoms. The Bertz CT molecular complexity index is 974. The van der Waals surface area contributed by atoms with E-state index in [2.05, 4.69) is 10.1 Å². The molecule has 1 unspecified atom stereocenters. The quantitative estimate of drug-likeness (QED) is 0.580. The van der Waals surface area contributed by atoms with Crippen LogP contribution in [0, 0.1) is 15.9 Å².